The standard InChI is InChI=1S/C14H24ClNSi/c1-6-16(7-2)17(15)13-11-9-8-10-12(13)14(3,4)5/h8-11,17H,6-7H2,1-5H3. The van der Waals surface area contributed by atoms with E-state index in [1.54, 1.807) is 0 Å². The molecule has 1 rings (SSSR count). The van der Waals surface area contributed by atoms with Gasteiger partial charge in [0.1, 0.15) is 0 Å². The number of benzene rings is 1. The Morgan fingerprint density at radius 3 is 2.12 bits per heavy atom. The van der Waals surface area contributed by atoms with Crippen LogP contribution in [-0.4, -0.2) is 25.9 Å². The summed E-state index contributed by atoms with van der Waals surface area (Å²) in [7, 11) is -1.51. The summed E-state index contributed by atoms with van der Waals surface area (Å²) in [6, 6.07) is 8.66. The Hall–Kier alpha value is -0.313. The van der Waals surface area contributed by atoms with E-state index in [0.29, 0.717) is 0 Å². The molecular formula is C14H24ClNSi. The lowest BCUT2D eigenvalue weighted by molar-refractivity contribution is 0.493. The van der Waals surface area contributed by atoms with Crippen molar-refractivity contribution < 1.29 is 0 Å². The fourth-order valence-electron chi connectivity index (χ4n) is 2.13. The average molecular weight is 270 g/mol. The third-order valence-electron chi connectivity index (χ3n) is 3.16. The molecule has 0 amide bonds. The molecule has 0 aliphatic carbocycles. The zero-order chi connectivity index (χ0) is 13.1. The first-order valence-electron chi connectivity index (χ1n) is 6.39. The molecular weight excluding hydrogens is 246 g/mol. The lowest BCUT2D eigenvalue weighted by atomic mass is 9.87. The van der Waals surface area contributed by atoms with Gasteiger partial charge in [-0.05, 0) is 29.3 Å². The van der Waals surface area contributed by atoms with Crippen LogP contribution in [-0.2, 0) is 5.41 Å². The molecule has 0 heterocycles. The second kappa shape index (κ2) is 6.03. The van der Waals surface area contributed by atoms with Gasteiger partial charge >= 0.3 is 0 Å². The van der Waals surface area contributed by atoms with E-state index in [2.05, 4.69) is 63.4 Å². The Morgan fingerprint density at radius 1 is 1.12 bits per heavy atom. The molecule has 0 N–H and O–H groups in total. The van der Waals surface area contributed by atoms with Crippen LogP contribution in [0.1, 0.15) is 40.2 Å². The Balaban J connectivity index is 3.13. The van der Waals surface area contributed by atoms with Crippen molar-refractivity contribution in [3.05, 3.63) is 29.8 Å². The minimum absolute atomic E-state index is 0.171. The molecule has 0 spiro atoms. The first kappa shape index (κ1) is 14.7. The molecule has 1 atom stereocenters. The van der Waals surface area contributed by atoms with Crippen molar-refractivity contribution >= 4 is 24.5 Å². The van der Waals surface area contributed by atoms with E-state index in [1.165, 1.54) is 10.8 Å². The molecule has 0 aliphatic rings. The van der Waals surface area contributed by atoms with Gasteiger partial charge in [-0.25, -0.2) is 0 Å². The topological polar surface area (TPSA) is 3.24 Å². The fraction of sp³-hybridized carbons (Fsp3) is 0.571. The molecule has 0 bridgehead atoms. The number of hydrogen-bond acceptors (Lipinski definition) is 1. The molecule has 0 fully saturated rings. The average Bonchev–Trinajstić information content (AvgIpc) is 2.29. The predicted molar refractivity (Wildman–Crippen MR) is 80.7 cm³/mol. The molecule has 0 aromatic heterocycles. The van der Waals surface area contributed by atoms with Crippen LogP contribution in [0.5, 0.6) is 0 Å². The van der Waals surface area contributed by atoms with E-state index >= 15 is 0 Å². The second-order valence-electron chi connectivity index (χ2n) is 5.39. The van der Waals surface area contributed by atoms with E-state index in [0.717, 1.165) is 13.1 Å². The van der Waals surface area contributed by atoms with Gasteiger partial charge in [-0.2, -0.15) is 0 Å². The summed E-state index contributed by atoms with van der Waals surface area (Å²) in [5.41, 5.74) is 1.57. The fourth-order valence-corrected chi connectivity index (χ4v) is 5.62. The molecule has 0 saturated heterocycles. The monoisotopic (exact) mass is 269 g/mol. The maximum absolute atomic E-state index is 6.75. The predicted octanol–water partition coefficient (Wildman–Crippen LogP) is 2.99. The molecule has 1 aromatic carbocycles. The molecule has 3 heteroatoms. The Morgan fingerprint density at radius 2 is 1.65 bits per heavy atom. The van der Waals surface area contributed by atoms with E-state index in [-0.39, 0.29) is 5.41 Å². The molecule has 1 aromatic rings. The van der Waals surface area contributed by atoms with Crippen LogP contribution in [0.25, 0.3) is 0 Å². The van der Waals surface area contributed by atoms with E-state index in [4.69, 9.17) is 11.1 Å². The first-order chi connectivity index (χ1) is 7.91. The summed E-state index contributed by atoms with van der Waals surface area (Å²) in [5, 5.41) is 1.38. The summed E-state index contributed by atoms with van der Waals surface area (Å²) in [6.45, 7) is 13.2. The summed E-state index contributed by atoms with van der Waals surface area (Å²) in [5.74, 6) is 0. The summed E-state index contributed by atoms with van der Waals surface area (Å²) >= 11 is 6.75. The van der Waals surface area contributed by atoms with E-state index < -0.39 is 8.27 Å². The molecule has 96 valence electrons. The highest BCUT2D eigenvalue weighted by molar-refractivity contribution is 7.12. The minimum Gasteiger partial charge on any atom is -0.311 e. The van der Waals surface area contributed by atoms with Gasteiger partial charge in [-0.1, -0.05) is 58.9 Å². The third kappa shape index (κ3) is 3.57. The summed E-state index contributed by atoms with van der Waals surface area (Å²) < 4.78 is 2.41. The molecule has 0 aliphatic heterocycles. The van der Waals surface area contributed by atoms with E-state index in [1.807, 2.05) is 0 Å². The van der Waals surface area contributed by atoms with Gasteiger partial charge < -0.3 is 4.57 Å². The lowest BCUT2D eigenvalue weighted by Gasteiger charge is -2.29. The lowest BCUT2D eigenvalue weighted by Crippen LogP contribution is -2.47. The van der Waals surface area contributed by atoms with Gasteiger partial charge in [0, 0.05) is 0 Å². The number of hydrogen-bond donors (Lipinski definition) is 0. The smallest absolute Gasteiger partial charge is 0.245 e. The van der Waals surface area contributed by atoms with Gasteiger partial charge in [-0.3, -0.25) is 0 Å². The van der Waals surface area contributed by atoms with E-state index in [9.17, 15) is 0 Å². The number of halogens is 1. The zero-order valence-electron chi connectivity index (χ0n) is 11.6. The first-order valence-corrected chi connectivity index (χ1v) is 9.23. The SMILES string of the molecule is CCN(CC)[SiH](Cl)c1ccccc1C(C)(C)C. The van der Waals surface area contributed by atoms with Crippen LogP contribution >= 0.6 is 11.1 Å². The minimum atomic E-state index is -1.51. The van der Waals surface area contributed by atoms with Gasteiger partial charge in [0.15, 0.2) is 0 Å². The van der Waals surface area contributed by atoms with Crippen molar-refractivity contribution in [2.45, 2.75) is 40.0 Å². The van der Waals surface area contributed by atoms with Crippen LogP contribution < -0.4 is 5.19 Å². The maximum atomic E-state index is 6.75. The molecule has 0 saturated carbocycles. The maximum Gasteiger partial charge on any atom is 0.245 e. The zero-order valence-corrected chi connectivity index (χ0v) is 13.5. The van der Waals surface area contributed by atoms with Crippen molar-refractivity contribution in [2.24, 2.45) is 0 Å². The van der Waals surface area contributed by atoms with Crippen LogP contribution in [0, 0.1) is 0 Å². The second-order valence-corrected chi connectivity index (χ2v) is 8.66. The van der Waals surface area contributed by atoms with Gasteiger partial charge in [0.05, 0.1) is 0 Å². The normalized spacial score (nSPS) is 14.1. The molecule has 1 nitrogen and oxygen atoms in total. The van der Waals surface area contributed by atoms with Crippen molar-refractivity contribution in [2.75, 3.05) is 13.1 Å². The highest BCUT2D eigenvalue weighted by atomic mass is 35.6. The largest absolute Gasteiger partial charge is 0.311 e. The van der Waals surface area contributed by atoms with Gasteiger partial charge in [0.25, 0.3) is 0 Å². The van der Waals surface area contributed by atoms with Crippen molar-refractivity contribution in [3.63, 3.8) is 0 Å². The van der Waals surface area contributed by atoms with Gasteiger partial charge in [0.2, 0.25) is 8.27 Å². The Labute approximate surface area is 112 Å². The molecule has 1 unspecified atom stereocenters. The Kier molecular flexibility index (Phi) is 5.23. The quantitative estimate of drug-likeness (QED) is 0.600. The molecule has 17 heavy (non-hydrogen) atoms. The van der Waals surface area contributed by atoms with Crippen molar-refractivity contribution in [3.8, 4) is 0 Å². The third-order valence-corrected chi connectivity index (χ3v) is 7.08. The number of nitrogens with zero attached hydrogens (tertiary/aromatic N) is 1. The van der Waals surface area contributed by atoms with Crippen molar-refractivity contribution in [1.29, 1.82) is 0 Å². The highest BCUT2D eigenvalue weighted by Crippen LogP contribution is 2.21. The van der Waals surface area contributed by atoms with Crippen LogP contribution in [0.4, 0.5) is 0 Å². The van der Waals surface area contributed by atoms with Gasteiger partial charge in [-0.15, -0.1) is 11.1 Å². The molecule has 0 radical (unpaired) electrons. The summed E-state index contributed by atoms with van der Waals surface area (Å²) in [4.78, 5) is 0. The summed E-state index contributed by atoms with van der Waals surface area (Å²) in [6.07, 6.45) is 0. The Bertz CT molecular complexity index is 355. The van der Waals surface area contributed by atoms with Crippen LogP contribution in [0.2, 0.25) is 0 Å². The van der Waals surface area contributed by atoms with Crippen LogP contribution in [0.3, 0.4) is 0 Å². The van der Waals surface area contributed by atoms with Crippen molar-refractivity contribution in [1.82, 2.24) is 4.57 Å². The van der Waals surface area contributed by atoms with Crippen LogP contribution in [0.15, 0.2) is 24.3 Å². The highest BCUT2D eigenvalue weighted by Gasteiger charge is 2.25. The number of rotatable bonds is 4.